The molecule has 0 fully saturated rings. The number of rotatable bonds is 6. The molecule has 0 unspecified atom stereocenters. The van der Waals surface area contributed by atoms with E-state index in [1.807, 2.05) is 0 Å². The van der Waals surface area contributed by atoms with Crippen LogP contribution < -0.4 is 10.0 Å². The predicted octanol–water partition coefficient (Wildman–Crippen LogP) is 1.47. The van der Waals surface area contributed by atoms with Gasteiger partial charge in [-0.3, -0.25) is 9.59 Å². The van der Waals surface area contributed by atoms with Crippen LogP contribution in [0.3, 0.4) is 0 Å². The van der Waals surface area contributed by atoms with E-state index in [0.717, 1.165) is 0 Å². The zero-order chi connectivity index (χ0) is 16.2. The highest BCUT2D eigenvalue weighted by molar-refractivity contribution is 9.10. The van der Waals surface area contributed by atoms with E-state index in [1.54, 1.807) is 6.92 Å². The predicted molar refractivity (Wildman–Crippen MR) is 80.6 cm³/mol. The van der Waals surface area contributed by atoms with E-state index >= 15 is 0 Å². The molecule has 9 heteroatoms. The Hall–Kier alpha value is -1.45. The third kappa shape index (κ3) is 5.10. The minimum absolute atomic E-state index is 0.0221. The van der Waals surface area contributed by atoms with Gasteiger partial charge in [0.2, 0.25) is 15.9 Å². The molecule has 0 heterocycles. The van der Waals surface area contributed by atoms with Crippen molar-refractivity contribution in [1.82, 2.24) is 4.72 Å². The molecule has 0 aromatic heterocycles. The normalized spacial score (nSPS) is 11.2. The molecule has 0 aliphatic rings. The first-order valence-electron chi connectivity index (χ1n) is 5.92. The molecular formula is C12H15BrN2O5S. The zero-order valence-electron chi connectivity index (χ0n) is 11.4. The molecule has 0 radical (unpaired) electrons. The van der Waals surface area contributed by atoms with Gasteiger partial charge in [-0.1, -0.05) is 0 Å². The summed E-state index contributed by atoms with van der Waals surface area (Å²) in [4.78, 5) is 21.5. The van der Waals surface area contributed by atoms with Gasteiger partial charge in [-0.2, -0.15) is 0 Å². The molecule has 7 nitrogen and oxygen atoms in total. The van der Waals surface area contributed by atoms with E-state index in [2.05, 4.69) is 26.0 Å². The Morgan fingerprint density at radius 2 is 1.95 bits per heavy atom. The fourth-order valence-electron chi connectivity index (χ4n) is 1.61. The van der Waals surface area contributed by atoms with Crippen molar-refractivity contribution in [3.8, 4) is 0 Å². The van der Waals surface area contributed by atoms with Crippen LogP contribution in [0.25, 0.3) is 0 Å². The van der Waals surface area contributed by atoms with Crippen LogP contribution in [0.2, 0.25) is 0 Å². The Balaban J connectivity index is 3.05. The summed E-state index contributed by atoms with van der Waals surface area (Å²) >= 11 is 3.19. The summed E-state index contributed by atoms with van der Waals surface area (Å²) < 4.78 is 26.9. The highest BCUT2D eigenvalue weighted by atomic mass is 79.9. The number of nitrogens with one attached hydrogen (secondary N) is 2. The summed E-state index contributed by atoms with van der Waals surface area (Å²) in [5.74, 6) is -1.36. The lowest BCUT2D eigenvalue weighted by Crippen LogP contribution is -2.27. The van der Waals surface area contributed by atoms with E-state index in [-0.39, 0.29) is 23.8 Å². The molecule has 0 aliphatic heterocycles. The van der Waals surface area contributed by atoms with Gasteiger partial charge in [0.25, 0.3) is 0 Å². The lowest BCUT2D eigenvalue weighted by Gasteiger charge is -2.12. The van der Waals surface area contributed by atoms with Gasteiger partial charge in [-0.25, -0.2) is 13.1 Å². The largest absolute Gasteiger partial charge is 0.481 e. The minimum atomic E-state index is -3.81. The fourth-order valence-corrected chi connectivity index (χ4v) is 3.48. The van der Waals surface area contributed by atoms with Crippen molar-refractivity contribution in [2.75, 3.05) is 11.9 Å². The maximum Gasteiger partial charge on any atom is 0.304 e. The number of sulfonamides is 1. The lowest BCUT2D eigenvalue weighted by atomic mass is 10.2. The van der Waals surface area contributed by atoms with E-state index in [1.165, 1.54) is 19.1 Å². The number of aryl methyl sites for hydroxylation is 1. The number of carbonyl (C=O) groups excluding carboxylic acids is 1. The summed E-state index contributed by atoms with van der Waals surface area (Å²) in [6.07, 6.45) is -0.302. The Labute approximate surface area is 130 Å². The average Bonchev–Trinajstić information content (AvgIpc) is 2.31. The molecule has 0 spiro atoms. The molecule has 21 heavy (non-hydrogen) atoms. The summed E-state index contributed by atoms with van der Waals surface area (Å²) in [7, 11) is -3.81. The number of anilines is 1. The SMILES string of the molecule is CC(=O)Nc1cc(C)c(S(=O)(=O)NCCC(=O)O)cc1Br. The number of carboxylic acids is 1. The van der Waals surface area contributed by atoms with Crippen LogP contribution in [0.15, 0.2) is 21.5 Å². The molecule has 3 N–H and O–H groups in total. The topological polar surface area (TPSA) is 113 Å². The third-order valence-corrected chi connectivity index (χ3v) is 4.75. The van der Waals surface area contributed by atoms with Gasteiger partial charge >= 0.3 is 5.97 Å². The Morgan fingerprint density at radius 3 is 2.48 bits per heavy atom. The summed E-state index contributed by atoms with van der Waals surface area (Å²) in [6.45, 7) is 2.74. The number of hydrogen-bond donors (Lipinski definition) is 3. The van der Waals surface area contributed by atoms with Crippen molar-refractivity contribution in [3.05, 3.63) is 22.2 Å². The Bertz CT molecular complexity index is 672. The van der Waals surface area contributed by atoms with Crippen LogP contribution >= 0.6 is 15.9 Å². The van der Waals surface area contributed by atoms with Gasteiger partial charge in [-0.05, 0) is 40.5 Å². The standard InChI is InChI=1S/C12H15BrN2O5S/c1-7-5-10(15-8(2)16)9(13)6-11(7)21(19,20)14-4-3-12(17)18/h5-6,14H,3-4H2,1-2H3,(H,15,16)(H,17,18). The molecule has 0 saturated heterocycles. The summed E-state index contributed by atoms with van der Waals surface area (Å²) in [5, 5.41) is 11.1. The van der Waals surface area contributed by atoms with Crippen molar-refractivity contribution in [3.63, 3.8) is 0 Å². The number of aliphatic carboxylic acids is 1. The number of carbonyl (C=O) groups is 2. The van der Waals surface area contributed by atoms with Crippen LogP contribution in [-0.4, -0.2) is 31.9 Å². The summed E-state index contributed by atoms with van der Waals surface area (Å²) in [6, 6.07) is 2.89. The fraction of sp³-hybridized carbons (Fsp3) is 0.333. The van der Waals surface area contributed by atoms with Gasteiger partial charge in [0.15, 0.2) is 0 Å². The second-order valence-corrected chi connectivity index (χ2v) is 6.91. The number of halogens is 1. The Kier molecular flexibility index (Phi) is 5.87. The minimum Gasteiger partial charge on any atom is -0.481 e. The van der Waals surface area contributed by atoms with Crippen molar-refractivity contribution in [2.24, 2.45) is 0 Å². The van der Waals surface area contributed by atoms with Crippen LogP contribution in [-0.2, 0) is 19.6 Å². The molecule has 0 bridgehead atoms. The highest BCUT2D eigenvalue weighted by Gasteiger charge is 2.19. The van der Waals surface area contributed by atoms with E-state index in [9.17, 15) is 18.0 Å². The Morgan fingerprint density at radius 1 is 1.33 bits per heavy atom. The highest BCUT2D eigenvalue weighted by Crippen LogP contribution is 2.28. The second kappa shape index (κ2) is 7.01. The van der Waals surface area contributed by atoms with Crippen molar-refractivity contribution in [2.45, 2.75) is 25.2 Å². The van der Waals surface area contributed by atoms with Gasteiger partial charge in [0.05, 0.1) is 17.0 Å². The van der Waals surface area contributed by atoms with Crippen LogP contribution in [0.5, 0.6) is 0 Å². The van der Waals surface area contributed by atoms with Crippen molar-refractivity contribution < 1.29 is 23.1 Å². The average molecular weight is 379 g/mol. The molecule has 1 aromatic rings. The maximum absolute atomic E-state index is 12.1. The van der Waals surface area contributed by atoms with Gasteiger partial charge in [0.1, 0.15) is 0 Å². The third-order valence-electron chi connectivity index (χ3n) is 2.50. The van der Waals surface area contributed by atoms with Crippen molar-refractivity contribution >= 4 is 43.5 Å². The zero-order valence-corrected chi connectivity index (χ0v) is 13.8. The first kappa shape index (κ1) is 17.6. The van der Waals surface area contributed by atoms with Crippen molar-refractivity contribution in [1.29, 1.82) is 0 Å². The molecule has 0 saturated carbocycles. The number of hydrogen-bond acceptors (Lipinski definition) is 4. The molecule has 0 atom stereocenters. The van der Waals surface area contributed by atoms with Crippen LogP contribution in [0, 0.1) is 6.92 Å². The van der Waals surface area contributed by atoms with Crippen LogP contribution in [0.1, 0.15) is 18.9 Å². The quantitative estimate of drug-likeness (QED) is 0.693. The van der Waals surface area contributed by atoms with Gasteiger partial charge in [0, 0.05) is 17.9 Å². The molecular weight excluding hydrogens is 364 g/mol. The first-order valence-corrected chi connectivity index (χ1v) is 8.20. The number of amides is 1. The molecule has 116 valence electrons. The van der Waals surface area contributed by atoms with Crippen LogP contribution in [0.4, 0.5) is 5.69 Å². The summed E-state index contributed by atoms with van der Waals surface area (Å²) in [5.41, 5.74) is 0.897. The molecule has 1 aromatic carbocycles. The molecule has 1 rings (SSSR count). The maximum atomic E-state index is 12.1. The molecule has 1 amide bonds. The lowest BCUT2D eigenvalue weighted by molar-refractivity contribution is -0.136. The van der Waals surface area contributed by atoms with E-state index in [4.69, 9.17) is 5.11 Å². The van der Waals surface area contributed by atoms with E-state index < -0.39 is 16.0 Å². The van der Waals surface area contributed by atoms with Gasteiger partial charge < -0.3 is 10.4 Å². The monoisotopic (exact) mass is 378 g/mol. The second-order valence-electron chi connectivity index (χ2n) is 4.32. The first-order chi connectivity index (χ1) is 9.63. The molecule has 0 aliphatic carbocycles. The van der Waals surface area contributed by atoms with Gasteiger partial charge in [-0.15, -0.1) is 0 Å². The smallest absolute Gasteiger partial charge is 0.304 e. The number of carboxylic acid groups (broad SMARTS) is 1. The van der Waals surface area contributed by atoms with E-state index in [0.29, 0.717) is 15.7 Å². The number of benzene rings is 1.